The van der Waals surface area contributed by atoms with Crippen LogP contribution in [-0.4, -0.2) is 31.2 Å². The first-order valence-electron chi connectivity index (χ1n) is 4.77. The van der Waals surface area contributed by atoms with Gasteiger partial charge in [-0.25, -0.2) is 0 Å². The van der Waals surface area contributed by atoms with Gasteiger partial charge in [0.25, 0.3) is 0 Å². The van der Waals surface area contributed by atoms with Crippen LogP contribution in [-0.2, 0) is 0 Å². The van der Waals surface area contributed by atoms with E-state index in [4.69, 9.17) is 0 Å². The lowest BCUT2D eigenvalue weighted by atomic mass is 10.5. The monoisotopic (exact) mass is 252 g/mol. The standard InChI is InChI=1S/C9H16S4/c1-7-5-11-9(3-4-10-7)12-6-8(2)13-9/h7-8H,3-6H2,1-2H3. The molecule has 4 heteroatoms. The third-order valence-corrected chi connectivity index (χ3v) is 9.61. The van der Waals surface area contributed by atoms with E-state index in [1.807, 2.05) is 0 Å². The molecule has 2 aliphatic heterocycles. The number of rotatable bonds is 0. The lowest BCUT2D eigenvalue weighted by Crippen LogP contribution is -2.12. The fraction of sp³-hybridized carbons (Fsp3) is 1.00. The van der Waals surface area contributed by atoms with E-state index in [0.29, 0.717) is 3.41 Å². The van der Waals surface area contributed by atoms with E-state index in [1.165, 1.54) is 23.7 Å². The Hall–Kier alpha value is 1.40. The molecule has 0 nitrogen and oxygen atoms in total. The van der Waals surface area contributed by atoms with Crippen LogP contribution in [0.2, 0.25) is 0 Å². The first-order chi connectivity index (χ1) is 6.20. The third-order valence-electron chi connectivity index (χ3n) is 2.27. The fourth-order valence-electron chi connectivity index (χ4n) is 1.58. The molecule has 0 aromatic carbocycles. The molecule has 0 radical (unpaired) electrons. The second-order valence-corrected chi connectivity index (χ2v) is 10.4. The maximum atomic E-state index is 2.37. The molecular weight excluding hydrogens is 236 g/mol. The Morgan fingerprint density at radius 2 is 1.77 bits per heavy atom. The summed E-state index contributed by atoms with van der Waals surface area (Å²) in [5.74, 6) is 4.06. The van der Waals surface area contributed by atoms with Crippen molar-refractivity contribution in [1.29, 1.82) is 0 Å². The summed E-state index contributed by atoms with van der Waals surface area (Å²) in [6.07, 6.45) is 1.40. The molecule has 3 unspecified atom stereocenters. The van der Waals surface area contributed by atoms with Crippen LogP contribution in [0.5, 0.6) is 0 Å². The van der Waals surface area contributed by atoms with Gasteiger partial charge in [0.1, 0.15) is 3.41 Å². The molecule has 0 N–H and O–H groups in total. The van der Waals surface area contributed by atoms with Crippen LogP contribution < -0.4 is 0 Å². The maximum absolute atomic E-state index is 2.37. The van der Waals surface area contributed by atoms with Crippen LogP contribution in [0.4, 0.5) is 0 Å². The van der Waals surface area contributed by atoms with Gasteiger partial charge in [-0.2, -0.15) is 11.8 Å². The van der Waals surface area contributed by atoms with E-state index in [2.05, 4.69) is 60.9 Å². The number of thioether (sulfide) groups is 4. The summed E-state index contributed by atoms with van der Waals surface area (Å²) in [6, 6.07) is 0. The minimum Gasteiger partial charge on any atom is -0.158 e. The van der Waals surface area contributed by atoms with Gasteiger partial charge in [-0.15, -0.1) is 35.3 Å². The van der Waals surface area contributed by atoms with Gasteiger partial charge in [-0.05, 0) is 12.2 Å². The summed E-state index contributed by atoms with van der Waals surface area (Å²) in [6.45, 7) is 4.73. The number of hydrogen-bond acceptors (Lipinski definition) is 4. The van der Waals surface area contributed by atoms with Gasteiger partial charge >= 0.3 is 0 Å². The zero-order valence-corrected chi connectivity index (χ0v) is 11.4. The Labute approximate surface area is 98.1 Å². The fourth-order valence-corrected chi connectivity index (χ4v) is 8.84. The zero-order chi connectivity index (χ0) is 9.31. The molecule has 13 heavy (non-hydrogen) atoms. The average Bonchev–Trinajstić information content (AvgIpc) is 2.35. The molecule has 0 saturated carbocycles. The van der Waals surface area contributed by atoms with Crippen molar-refractivity contribution in [3.63, 3.8) is 0 Å². The van der Waals surface area contributed by atoms with Gasteiger partial charge in [0, 0.05) is 22.0 Å². The topological polar surface area (TPSA) is 0 Å². The summed E-state index contributed by atoms with van der Waals surface area (Å²) in [7, 11) is 0. The first-order valence-corrected chi connectivity index (χ1v) is 8.67. The summed E-state index contributed by atoms with van der Waals surface area (Å²) in [5, 5.41) is 1.73. The van der Waals surface area contributed by atoms with Gasteiger partial charge in [0.05, 0.1) is 0 Å². The highest BCUT2D eigenvalue weighted by Gasteiger charge is 2.40. The van der Waals surface area contributed by atoms with Crippen LogP contribution in [0.1, 0.15) is 20.3 Å². The van der Waals surface area contributed by atoms with Crippen LogP contribution >= 0.6 is 47.0 Å². The minimum absolute atomic E-state index is 0.539. The van der Waals surface area contributed by atoms with Crippen molar-refractivity contribution in [2.24, 2.45) is 0 Å². The Balaban J connectivity index is 1.98. The van der Waals surface area contributed by atoms with Crippen LogP contribution in [0.3, 0.4) is 0 Å². The quantitative estimate of drug-likeness (QED) is 0.643. The molecule has 2 rings (SSSR count). The summed E-state index contributed by atoms with van der Waals surface area (Å²) < 4.78 is 0.539. The van der Waals surface area contributed by atoms with Crippen molar-refractivity contribution >= 4 is 47.0 Å². The second-order valence-electron chi connectivity index (χ2n) is 3.66. The van der Waals surface area contributed by atoms with E-state index >= 15 is 0 Å². The van der Waals surface area contributed by atoms with E-state index in [9.17, 15) is 0 Å². The predicted molar refractivity (Wildman–Crippen MR) is 71.2 cm³/mol. The van der Waals surface area contributed by atoms with Gasteiger partial charge in [0.2, 0.25) is 0 Å². The molecule has 0 aromatic heterocycles. The van der Waals surface area contributed by atoms with Gasteiger partial charge in [-0.1, -0.05) is 13.8 Å². The molecule has 2 fully saturated rings. The highest BCUT2D eigenvalue weighted by atomic mass is 32.3. The van der Waals surface area contributed by atoms with E-state index < -0.39 is 0 Å². The lowest BCUT2D eigenvalue weighted by Gasteiger charge is -2.24. The van der Waals surface area contributed by atoms with E-state index in [-0.39, 0.29) is 0 Å². The first kappa shape index (κ1) is 10.9. The summed E-state index contributed by atoms with van der Waals surface area (Å²) >= 11 is 8.78. The smallest absolute Gasteiger partial charge is 0.108 e. The van der Waals surface area contributed by atoms with Crippen molar-refractivity contribution in [2.45, 2.75) is 34.2 Å². The van der Waals surface area contributed by atoms with Crippen LogP contribution in [0, 0.1) is 0 Å². The molecule has 2 aliphatic rings. The lowest BCUT2D eigenvalue weighted by molar-refractivity contribution is 1.03. The van der Waals surface area contributed by atoms with Crippen molar-refractivity contribution in [3.8, 4) is 0 Å². The summed E-state index contributed by atoms with van der Waals surface area (Å²) in [4.78, 5) is 0. The van der Waals surface area contributed by atoms with Crippen molar-refractivity contribution in [1.82, 2.24) is 0 Å². The normalized spacial score (nSPS) is 46.6. The molecule has 3 atom stereocenters. The molecule has 76 valence electrons. The largest absolute Gasteiger partial charge is 0.158 e. The van der Waals surface area contributed by atoms with Crippen molar-refractivity contribution < 1.29 is 0 Å². The van der Waals surface area contributed by atoms with Crippen LogP contribution in [0.25, 0.3) is 0 Å². The molecule has 0 aromatic rings. The van der Waals surface area contributed by atoms with Gasteiger partial charge in [0.15, 0.2) is 0 Å². The molecule has 2 saturated heterocycles. The van der Waals surface area contributed by atoms with E-state index in [0.717, 1.165) is 10.5 Å². The molecule has 1 spiro atoms. The SMILES string of the molecule is CC1CSC2(CCS1)SCC(C)S2. The van der Waals surface area contributed by atoms with E-state index in [1.54, 1.807) is 0 Å². The zero-order valence-electron chi connectivity index (χ0n) is 8.12. The Kier molecular flexibility index (Phi) is 3.77. The van der Waals surface area contributed by atoms with Crippen molar-refractivity contribution in [3.05, 3.63) is 0 Å². The predicted octanol–water partition coefficient (Wildman–Crippen LogP) is 3.77. The molecule has 0 bridgehead atoms. The number of hydrogen-bond donors (Lipinski definition) is 0. The molecular formula is C9H16S4. The summed E-state index contributed by atoms with van der Waals surface area (Å²) in [5.41, 5.74) is 0. The van der Waals surface area contributed by atoms with Crippen LogP contribution in [0.15, 0.2) is 0 Å². The van der Waals surface area contributed by atoms with Crippen molar-refractivity contribution in [2.75, 3.05) is 17.3 Å². The third kappa shape index (κ3) is 2.70. The Morgan fingerprint density at radius 3 is 2.46 bits per heavy atom. The minimum atomic E-state index is 0.539. The molecule has 0 amide bonds. The van der Waals surface area contributed by atoms with Gasteiger partial charge in [-0.3, -0.25) is 0 Å². The second kappa shape index (κ2) is 4.50. The molecule has 0 aliphatic carbocycles. The highest BCUT2D eigenvalue weighted by Crippen LogP contribution is 2.58. The Morgan fingerprint density at radius 1 is 1.08 bits per heavy atom. The maximum Gasteiger partial charge on any atom is 0.108 e. The van der Waals surface area contributed by atoms with Gasteiger partial charge < -0.3 is 0 Å². The molecule has 2 heterocycles. The average molecular weight is 252 g/mol. The Bertz CT molecular complexity index is 182. The highest BCUT2D eigenvalue weighted by molar-refractivity contribution is 8.36.